The minimum atomic E-state index is -0.200. The third kappa shape index (κ3) is 6.88. The Labute approximate surface area is 151 Å². The van der Waals surface area contributed by atoms with Crippen LogP contribution in [0.25, 0.3) is 0 Å². The van der Waals surface area contributed by atoms with Gasteiger partial charge in [-0.25, -0.2) is 9.37 Å². The number of benzene rings is 1. The molecule has 0 radical (unpaired) electrons. The van der Waals surface area contributed by atoms with Crippen LogP contribution < -0.4 is 10.6 Å². The van der Waals surface area contributed by atoms with Crippen LogP contribution in [-0.4, -0.2) is 36.3 Å². The normalized spacial score (nSPS) is 11.5. The SMILES string of the molecule is CCNC(=NCCc1csc(C)n1)NCCSc1ccc(F)cc1. The molecular formula is C17H23FN4S2. The number of hydrogen-bond donors (Lipinski definition) is 2. The standard InChI is InChI=1S/C17H23FN4S2/c1-3-19-17(20-9-8-15-12-24-13(2)22-15)21-10-11-23-16-6-4-14(18)5-7-16/h4-7,12H,3,8-11H2,1-2H3,(H2,19,20,21). The second-order valence-corrected chi connectivity index (χ2v) is 7.33. The molecular weight excluding hydrogens is 343 g/mol. The molecule has 1 heterocycles. The lowest BCUT2D eigenvalue weighted by atomic mass is 10.3. The molecule has 0 saturated heterocycles. The number of thioether (sulfide) groups is 1. The van der Waals surface area contributed by atoms with Crippen molar-refractivity contribution in [1.29, 1.82) is 0 Å². The highest BCUT2D eigenvalue weighted by Gasteiger charge is 2.00. The van der Waals surface area contributed by atoms with Crippen molar-refractivity contribution in [3.63, 3.8) is 0 Å². The van der Waals surface area contributed by atoms with E-state index in [4.69, 9.17) is 0 Å². The minimum Gasteiger partial charge on any atom is -0.357 e. The van der Waals surface area contributed by atoms with Crippen LogP contribution in [0.1, 0.15) is 17.6 Å². The first-order valence-electron chi connectivity index (χ1n) is 7.99. The molecule has 0 aliphatic rings. The smallest absolute Gasteiger partial charge is 0.191 e. The van der Waals surface area contributed by atoms with Gasteiger partial charge in [0.05, 0.1) is 10.7 Å². The highest BCUT2D eigenvalue weighted by Crippen LogP contribution is 2.17. The lowest BCUT2D eigenvalue weighted by molar-refractivity contribution is 0.626. The maximum Gasteiger partial charge on any atom is 0.191 e. The van der Waals surface area contributed by atoms with Crippen LogP contribution in [0.4, 0.5) is 4.39 Å². The van der Waals surface area contributed by atoms with Crippen LogP contribution in [0.15, 0.2) is 39.5 Å². The van der Waals surface area contributed by atoms with Gasteiger partial charge < -0.3 is 10.6 Å². The van der Waals surface area contributed by atoms with Gasteiger partial charge in [0.1, 0.15) is 5.82 Å². The van der Waals surface area contributed by atoms with Crippen molar-refractivity contribution in [2.45, 2.75) is 25.2 Å². The summed E-state index contributed by atoms with van der Waals surface area (Å²) in [6.45, 7) is 6.40. The molecule has 0 aliphatic carbocycles. The van der Waals surface area contributed by atoms with E-state index < -0.39 is 0 Å². The first-order chi connectivity index (χ1) is 11.7. The van der Waals surface area contributed by atoms with Gasteiger partial charge in [-0.05, 0) is 38.1 Å². The molecule has 0 saturated carbocycles. The summed E-state index contributed by atoms with van der Waals surface area (Å²) in [6, 6.07) is 6.58. The number of guanidine groups is 1. The second kappa shape index (κ2) is 10.3. The molecule has 1 aromatic heterocycles. The lowest BCUT2D eigenvalue weighted by Crippen LogP contribution is -2.38. The summed E-state index contributed by atoms with van der Waals surface area (Å²) in [4.78, 5) is 10.1. The highest BCUT2D eigenvalue weighted by molar-refractivity contribution is 7.99. The quantitative estimate of drug-likeness (QED) is 0.325. The number of rotatable bonds is 8. The average Bonchev–Trinajstić information content (AvgIpc) is 2.98. The Morgan fingerprint density at radius 1 is 1.29 bits per heavy atom. The van der Waals surface area contributed by atoms with E-state index in [0.29, 0.717) is 6.54 Å². The summed E-state index contributed by atoms with van der Waals surface area (Å²) in [7, 11) is 0. The summed E-state index contributed by atoms with van der Waals surface area (Å²) in [6.07, 6.45) is 0.852. The van der Waals surface area contributed by atoms with Crippen LogP contribution >= 0.6 is 23.1 Å². The van der Waals surface area contributed by atoms with Crippen molar-refractivity contribution in [3.8, 4) is 0 Å². The van der Waals surface area contributed by atoms with Crippen molar-refractivity contribution >= 4 is 29.1 Å². The molecule has 1 aromatic carbocycles. The summed E-state index contributed by atoms with van der Waals surface area (Å²) in [5.41, 5.74) is 1.10. The zero-order chi connectivity index (χ0) is 17.2. The number of aliphatic imine (C=N–C) groups is 1. The Morgan fingerprint density at radius 3 is 2.75 bits per heavy atom. The molecule has 0 unspecified atom stereocenters. The molecule has 0 fully saturated rings. The zero-order valence-corrected chi connectivity index (χ0v) is 15.6. The van der Waals surface area contributed by atoms with Crippen LogP contribution in [0, 0.1) is 12.7 Å². The number of nitrogens with one attached hydrogen (secondary N) is 2. The molecule has 0 bridgehead atoms. The predicted molar refractivity (Wildman–Crippen MR) is 102 cm³/mol. The highest BCUT2D eigenvalue weighted by atomic mass is 32.2. The fourth-order valence-electron chi connectivity index (χ4n) is 2.02. The van der Waals surface area contributed by atoms with E-state index in [1.165, 1.54) is 12.1 Å². The predicted octanol–water partition coefficient (Wildman–Crippen LogP) is 3.48. The zero-order valence-electron chi connectivity index (χ0n) is 14.0. The van der Waals surface area contributed by atoms with Crippen molar-refractivity contribution in [1.82, 2.24) is 15.6 Å². The molecule has 0 amide bonds. The Kier molecular flexibility index (Phi) is 8.04. The van der Waals surface area contributed by atoms with Crippen LogP contribution in [0.2, 0.25) is 0 Å². The van der Waals surface area contributed by atoms with E-state index in [-0.39, 0.29) is 5.82 Å². The molecule has 0 aliphatic heterocycles. The van der Waals surface area contributed by atoms with Crippen molar-refractivity contribution in [2.24, 2.45) is 4.99 Å². The number of thiazole rings is 1. The van der Waals surface area contributed by atoms with Gasteiger partial charge in [0.2, 0.25) is 0 Å². The van der Waals surface area contributed by atoms with Gasteiger partial charge in [0, 0.05) is 42.1 Å². The maximum atomic E-state index is 12.9. The van der Waals surface area contributed by atoms with Gasteiger partial charge in [-0.15, -0.1) is 23.1 Å². The lowest BCUT2D eigenvalue weighted by Gasteiger charge is -2.11. The Morgan fingerprint density at radius 2 is 2.08 bits per heavy atom. The fraction of sp³-hybridized carbons (Fsp3) is 0.412. The molecule has 2 N–H and O–H groups in total. The number of nitrogens with zero attached hydrogens (tertiary/aromatic N) is 2. The number of aromatic nitrogens is 1. The van der Waals surface area contributed by atoms with Crippen LogP contribution in [0.5, 0.6) is 0 Å². The van der Waals surface area contributed by atoms with E-state index in [9.17, 15) is 4.39 Å². The van der Waals surface area contributed by atoms with E-state index in [1.807, 2.05) is 13.8 Å². The monoisotopic (exact) mass is 366 g/mol. The minimum absolute atomic E-state index is 0.200. The van der Waals surface area contributed by atoms with Gasteiger partial charge in [-0.2, -0.15) is 0 Å². The first-order valence-corrected chi connectivity index (χ1v) is 9.85. The fourth-order valence-corrected chi connectivity index (χ4v) is 3.43. The largest absolute Gasteiger partial charge is 0.357 e. The van der Waals surface area contributed by atoms with E-state index in [1.54, 1.807) is 35.2 Å². The molecule has 7 heteroatoms. The van der Waals surface area contributed by atoms with Gasteiger partial charge in [0.15, 0.2) is 5.96 Å². The summed E-state index contributed by atoms with van der Waals surface area (Å²) >= 11 is 3.36. The second-order valence-electron chi connectivity index (χ2n) is 5.10. The number of halogens is 1. The van der Waals surface area contributed by atoms with Crippen molar-refractivity contribution in [3.05, 3.63) is 46.2 Å². The van der Waals surface area contributed by atoms with Crippen molar-refractivity contribution in [2.75, 3.05) is 25.4 Å². The third-order valence-electron chi connectivity index (χ3n) is 3.13. The van der Waals surface area contributed by atoms with E-state index in [0.717, 1.165) is 46.8 Å². The number of hydrogen-bond acceptors (Lipinski definition) is 4. The van der Waals surface area contributed by atoms with Crippen LogP contribution in [-0.2, 0) is 6.42 Å². The Balaban J connectivity index is 1.71. The molecule has 2 rings (SSSR count). The molecule has 4 nitrogen and oxygen atoms in total. The molecule has 2 aromatic rings. The Bertz CT molecular complexity index is 640. The average molecular weight is 367 g/mol. The van der Waals surface area contributed by atoms with E-state index >= 15 is 0 Å². The molecule has 24 heavy (non-hydrogen) atoms. The van der Waals surface area contributed by atoms with Gasteiger partial charge in [-0.1, -0.05) is 0 Å². The maximum absolute atomic E-state index is 12.9. The van der Waals surface area contributed by atoms with Gasteiger partial charge in [-0.3, -0.25) is 4.99 Å². The third-order valence-corrected chi connectivity index (χ3v) is 4.96. The number of aryl methyl sites for hydroxylation is 1. The first kappa shape index (κ1) is 18.7. The van der Waals surface area contributed by atoms with Gasteiger partial charge >= 0.3 is 0 Å². The molecule has 0 spiro atoms. The summed E-state index contributed by atoms with van der Waals surface area (Å²) in [5.74, 6) is 1.51. The van der Waals surface area contributed by atoms with E-state index in [2.05, 4.69) is 26.0 Å². The Hall–Kier alpha value is -1.60. The molecule has 0 atom stereocenters. The summed E-state index contributed by atoms with van der Waals surface area (Å²) in [5, 5.41) is 9.74. The van der Waals surface area contributed by atoms with Gasteiger partial charge in [0.25, 0.3) is 0 Å². The van der Waals surface area contributed by atoms with Crippen molar-refractivity contribution < 1.29 is 4.39 Å². The topological polar surface area (TPSA) is 49.3 Å². The summed E-state index contributed by atoms with van der Waals surface area (Å²) < 4.78 is 12.9. The molecule has 130 valence electrons. The van der Waals surface area contributed by atoms with Crippen LogP contribution in [0.3, 0.4) is 0 Å².